The molecule has 1 aliphatic rings. The zero-order chi connectivity index (χ0) is 20.8. The van der Waals surface area contributed by atoms with Crippen LogP contribution in [0.25, 0.3) is 0 Å². The van der Waals surface area contributed by atoms with Gasteiger partial charge in [0.2, 0.25) is 0 Å². The maximum Gasteiger partial charge on any atom is 0.0684 e. The van der Waals surface area contributed by atoms with Gasteiger partial charge in [-0.05, 0) is 75.8 Å². The van der Waals surface area contributed by atoms with Gasteiger partial charge in [-0.1, -0.05) is 62.3 Å². The van der Waals surface area contributed by atoms with Crippen LogP contribution in [0.3, 0.4) is 0 Å². The van der Waals surface area contributed by atoms with Gasteiger partial charge in [0.15, 0.2) is 0 Å². The van der Waals surface area contributed by atoms with Gasteiger partial charge in [-0.2, -0.15) is 0 Å². The van der Waals surface area contributed by atoms with Crippen LogP contribution in [-0.2, 0) is 0 Å². The Bertz CT molecular complexity index is 460. The standard InChI is InChI=1S/C24H50N2/c1-14-26(23(10,11)22(8,9)21(5,6)7)24(12,13)25-17-15-16-19(18-25)20(2,3)4/h19H,14-18H2,1-13H3. The van der Waals surface area contributed by atoms with Gasteiger partial charge in [-0.3, -0.25) is 9.80 Å². The van der Waals surface area contributed by atoms with E-state index in [2.05, 4.69) is 99.8 Å². The Morgan fingerprint density at radius 3 is 1.73 bits per heavy atom. The van der Waals surface area contributed by atoms with Crippen molar-refractivity contribution in [3.05, 3.63) is 0 Å². The molecule has 0 saturated carbocycles. The lowest BCUT2D eigenvalue weighted by Crippen LogP contribution is -2.69. The maximum atomic E-state index is 2.77. The van der Waals surface area contributed by atoms with Crippen molar-refractivity contribution in [3.63, 3.8) is 0 Å². The molecule has 1 rings (SSSR count). The van der Waals surface area contributed by atoms with Gasteiger partial charge in [0.05, 0.1) is 5.66 Å². The van der Waals surface area contributed by atoms with Crippen molar-refractivity contribution in [1.82, 2.24) is 9.80 Å². The summed E-state index contributed by atoms with van der Waals surface area (Å²) in [6, 6.07) is 0. The summed E-state index contributed by atoms with van der Waals surface area (Å²) in [5, 5.41) is 0. The van der Waals surface area contributed by atoms with Gasteiger partial charge in [-0.25, -0.2) is 0 Å². The Morgan fingerprint density at radius 1 is 0.846 bits per heavy atom. The van der Waals surface area contributed by atoms with E-state index >= 15 is 0 Å². The van der Waals surface area contributed by atoms with Crippen molar-refractivity contribution in [3.8, 4) is 0 Å². The van der Waals surface area contributed by atoms with Crippen molar-refractivity contribution >= 4 is 0 Å². The fourth-order valence-corrected chi connectivity index (χ4v) is 5.07. The monoisotopic (exact) mass is 366 g/mol. The Labute approximate surface area is 166 Å². The highest BCUT2D eigenvalue weighted by molar-refractivity contribution is 5.05. The van der Waals surface area contributed by atoms with E-state index in [1.807, 2.05) is 0 Å². The second-order valence-corrected chi connectivity index (χ2v) is 12.3. The first kappa shape index (κ1) is 24.0. The molecule has 1 aliphatic heterocycles. The maximum absolute atomic E-state index is 2.77. The molecule has 1 fully saturated rings. The largest absolute Gasteiger partial charge is 0.285 e. The van der Waals surface area contributed by atoms with E-state index < -0.39 is 0 Å². The Hall–Kier alpha value is -0.0800. The van der Waals surface area contributed by atoms with E-state index in [1.165, 1.54) is 25.9 Å². The lowest BCUT2D eigenvalue weighted by atomic mass is 9.58. The predicted octanol–water partition coefficient (Wildman–Crippen LogP) is 6.65. The van der Waals surface area contributed by atoms with Crippen LogP contribution in [0, 0.1) is 22.2 Å². The third kappa shape index (κ3) is 4.32. The quantitative estimate of drug-likeness (QED) is 0.537. The first-order chi connectivity index (χ1) is 11.4. The average Bonchev–Trinajstić information content (AvgIpc) is 2.45. The molecular formula is C24H50N2. The molecule has 156 valence electrons. The lowest BCUT2D eigenvalue weighted by molar-refractivity contribution is -0.156. The van der Waals surface area contributed by atoms with E-state index in [1.54, 1.807) is 0 Å². The predicted molar refractivity (Wildman–Crippen MR) is 118 cm³/mol. The summed E-state index contributed by atoms with van der Waals surface area (Å²) in [4.78, 5) is 5.55. The molecule has 0 aromatic heterocycles. The highest BCUT2D eigenvalue weighted by atomic mass is 15.4. The van der Waals surface area contributed by atoms with Gasteiger partial charge in [-0.15, -0.1) is 0 Å². The first-order valence-electron chi connectivity index (χ1n) is 10.9. The zero-order valence-corrected chi connectivity index (χ0v) is 20.5. The molecule has 1 heterocycles. The van der Waals surface area contributed by atoms with Crippen LogP contribution >= 0.6 is 0 Å². The molecule has 0 aromatic carbocycles. The van der Waals surface area contributed by atoms with Gasteiger partial charge in [0, 0.05) is 12.1 Å². The van der Waals surface area contributed by atoms with Gasteiger partial charge < -0.3 is 0 Å². The summed E-state index contributed by atoms with van der Waals surface area (Å²) in [5.74, 6) is 0.785. The number of rotatable bonds is 5. The van der Waals surface area contributed by atoms with Crippen LogP contribution in [0.2, 0.25) is 0 Å². The van der Waals surface area contributed by atoms with E-state index in [-0.39, 0.29) is 22.0 Å². The molecule has 0 bridgehead atoms. The average molecular weight is 367 g/mol. The van der Waals surface area contributed by atoms with Crippen molar-refractivity contribution in [1.29, 1.82) is 0 Å². The Kier molecular flexibility index (Phi) is 6.81. The van der Waals surface area contributed by atoms with Crippen LogP contribution in [0.4, 0.5) is 0 Å². The third-order valence-electron chi connectivity index (χ3n) is 8.48. The second kappa shape index (κ2) is 7.39. The van der Waals surface area contributed by atoms with E-state index in [4.69, 9.17) is 0 Å². The molecule has 1 atom stereocenters. The number of likely N-dealkylation sites (tertiary alicyclic amines) is 1. The normalized spacial score (nSPS) is 22.2. The Morgan fingerprint density at radius 2 is 1.35 bits per heavy atom. The molecule has 0 aromatic rings. The van der Waals surface area contributed by atoms with Crippen molar-refractivity contribution in [2.45, 2.75) is 114 Å². The molecule has 0 aliphatic carbocycles. The zero-order valence-electron chi connectivity index (χ0n) is 20.5. The molecule has 2 nitrogen and oxygen atoms in total. The fraction of sp³-hybridized carbons (Fsp3) is 1.00. The van der Waals surface area contributed by atoms with E-state index in [0.29, 0.717) is 5.41 Å². The summed E-state index contributed by atoms with van der Waals surface area (Å²) < 4.78 is 0. The highest BCUT2D eigenvalue weighted by Gasteiger charge is 2.53. The lowest BCUT2D eigenvalue weighted by Gasteiger charge is -2.62. The van der Waals surface area contributed by atoms with Crippen molar-refractivity contribution < 1.29 is 0 Å². The molecule has 1 unspecified atom stereocenters. The molecule has 2 heteroatoms. The van der Waals surface area contributed by atoms with Crippen molar-refractivity contribution in [2.75, 3.05) is 19.6 Å². The van der Waals surface area contributed by atoms with E-state index in [0.717, 1.165) is 12.5 Å². The molecule has 0 amide bonds. The molecule has 0 radical (unpaired) electrons. The third-order valence-corrected chi connectivity index (χ3v) is 8.48. The topological polar surface area (TPSA) is 6.48 Å². The second-order valence-electron chi connectivity index (χ2n) is 12.3. The number of nitrogens with zero attached hydrogens (tertiary/aromatic N) is 2. The molecule has 1 saturated heterocycles. The Balaban J connectivity index is 3.22. The number of hydrogen-bond donors (Lipinski definition) is 0. The van der Waals surface area contributed by atoms with Crippen LogP contribution in [0.15, 0.2) is 0 Å². The molecule has 0 spiro atoms. The minimum absolute atomic E-state index is 0.0602. The van der Waals surface area contributed by atoms with Crippen molar-refractivity contribution in [2.24, 2.45) is 22.2 Å². The molecule has 0 N–H and O–H groups in total. The molecular weight excluding hydrogens is 316 g/mol. The number of hydrogen-bond acceptors (Lipinski definition) is 2. The van der Waals surface area contributed by atoms with Crippen LogP contribution in [-0.4, -0.2) is 40.6 Å². The van der Waals surface area contributed by atoms with Crippen LogP contribution in [0.5, 0.6) is 0 Å². The first-order valence-corrected chi connectivity index (χ1v) is 10.9. The summed E-state index contributed by atoms with van der Waals surface area (Å²) in [5.41, 5.74) is 0.983. The minimum Gasteiger partial charge on any atom is -0.285 e. The fourth-order valence-electron chi connectivity index (χ4n) is 5.07. The summed E-state index contributed by atoms with van der Waals surface area (Å²) in [7, 11) is 0. The summed E-state index contributed by atoms with van der Waals surface area (Å²) in [6.07, 6.45) is 2.70. The van der Waals surface area contributed by atoms with Gasteiger partial charge in [0.1, 0.15) is 0 Å². The van der Waals surface area contributed by atoms with Crippen LogP contribution in [0.1, 0.15) is 103 Å². The SMILES string of the molecule is CCN(C(C)(C)N1CCCC(C(C)(C)C)C1)C(C)(C)C(C)(C)C(C)(C)C. The van der Waals surface area contributed by atoms with Crippen LogP contribution < -0.4 is 0 Å². The number of piperidine rings is 1. The molecule has 26 heavy (non-hydrogen) atoms. The summed E-state index contributed by atoms with van der Waals surface area (Å²) >= 11 is 0. The van der Waals surface area contributed by atoms with Gasteiger partial charge >= 0.3 is 0 Å². The highest BCUT2D eigenvalue weighted by Crippen LogP contribution is 2.51. The smallest absolute Gasteiger partial charge is 0.0684 e. The van der Waals surface area contributed by atoms with E-state index in [9.17, 15) is 0 Å². The minimum atomic E-state index is 0.0602. The summed E-state index contributed by atoms with van der Waals surface area (Å²) in [6.45, 7) is 35.1. The van der Waals surface area contributed by atoms with Gasteiger partial charge in [0.25, 0.3) is 0 Å².